The quantitative estimate of drug-likeness (QED) is 0.465. The second-order valence-electron chi connectivity index (χ2n) is 2.98. The van der Waals surface area contributed by atoms with Gasteiger partial charge in [0, 0.05) is 25.2 Å². The number of rotatable bonds is 8. The summed E-state index contributed by atoms with van der Waals surface area (Å²) in [6.07, 6.45) is 5.85. The summed E-state index contributed by atoms with van der Waals surface area (Å²) in [5, 5.41) is 25.8. The van der Waals surface area contributed by atoms with Gasteiger partial charge in [-0.2, -0.15) is 0 Å². The van der Waals surface area contributed by atoms with E-state index < -0.39 is 0 Å². The molecule has 3 nitrogen and oxygen atoms in total. The molecule has 0 aliphatic carbocycles. The fourth-order valence-corrected chi connectivity index (χ4v) is 1.18. The second-order valence-corrected chi connectivity index (χ2v) is 3.77. The van der Waals surface area contributed by atoms with E-state index >= 15 is 0 Å². The molecule has 88 valence electrons. The zero-order chi connectivity index (χ0) is 11.1. The molecule has 0 unspecified atom stereocenters. The van der Waals surface area contributed by atoms with Crippen molar-refractivity contribution in [2.75, 3.05) is 25.2 Å². The summed E-state index contributed by atoms with van der Waals surface area (Å²) in [7, 11) is 0. The van der Waals surface area contributed by atoms with Gasteiger partial charge < -0.3 is 15.3 Å². The molecule has 0 aromatic rings. The van der Waals surface area contributed by atoms with E-state index in [1.807, 2.05) is 0 Å². The molecule has 0 atom stereocenters. The molecule has 0 aliphatic heterocycles. The van der Waals surface area contributed by atoms with E-state index in [1.54, 1.807) is 0 Å². The molecule has 0 spiro atoms. The zero-order valence-corrected chi connectivity index (χ0v) is 10.4. The van der Waals surface area contributed by atoms with E-state index in [9.17, 15) is 0 Å². The maximum atomic E-state index is 8.28. The first kappa shape index (κ1) is 16.8. The van der Waals surface area contributed by atoms with Crippen LogP contribution in [0.2, 0.25) is 0 Å². The van der Waals surface area contributed by atoms with Gasteiger partial charge in [0.15, 0.2) is 0 Å². The second kappa shape index (κ2) is 19.0. The molecule has 0 bridgehead atoms. The molecule has 14 heavy (non-hydrogen) atoms. The smallest absolute Gasteiger partial charge is 0.0431 e. The molecule has 3 N–H and O–H groups in total. The van der Waals surface area contributed by atoms with E-state index in [0.29, 0.717) is 6.61 Å². The first-order chi connectivity index (χ1) is 6.83. The van der Waals surface area contributed by atoms with Crippen molar-refractivity contribution in [3.63, 3.8) is 0 Å². The van der Waals surface area contributed by atoms with Gasteiger partial charge in [-0.25, -0.2) is 0 Å². The van der Waals surface area contributed by atoms with Crippen molar-refractivity contribution in [1.82, 2.24) is 0 Å². The zero-order valence-electron chi connectivity index (χ0n) is 8.79. The molecular weight excluding hydrogens is 248 g/mol. The predicted octanol–water partition coefficient (Wildman–Crippen LogP) is 1.69. The van der Waals surface area contributed by atoms with E-state index in [0.717, 1.165) is 37.4 Å². The average molecular weight is 271 g/mol. The third-order valence-electron chi connectivity index (χ3n) is 1.61. The minimum Gasteiger partial charge on any atom is -0.396 e. The molecule has 0 rings (SSSR count). The lowest BCUT2D eigenvalue weighted by Crippen LogP contribution is -1.85. The Kier molecular flexibility index (Phi) is 22.8. The van der Waals surface area contributed by atoms with Crippen LogP contribution in [-0.2, 0) is 0 Å². The van der Waals surface area contributed by atoms with Crippen molar-refractivity contribution >= 4 is 15.9 Å². The fraction of sp³-hybridized carbons (Fsp3) is 1.00. The van der Waals surface area contributed by atoms with Gasteiger partial charge in [-0.15, -0.1) is 0 Å². The lowest BCUT2D eigenvalue weighted by Gasteiger charge is -1.90. The number of unbranched alkanes of at least 4 members (excludes halogenated alkanes) is 4. The van der Waals surface area contributed by atoms with Crippen LogP contribution in [0.1, 0.15) is 38.5 Å². The van der Waals surface area contributed by atoms with Crippen molar-refractivity contribution in [2.45, 2.75) is 38.5 Å². The largest absolute Gasteiger partial charge is 0.396 e. The normalized spacial score (nSPS) is 9.43. The van der Waals surface area contributed by atoms with E-state index in [2.05, 4.69) is 15.9 Å². The molecule has 0 saturated heterocycles. The third-order valence-corrected chi connectivity index (χ3v) is 2.17. The van der Waals surface area contributed by atoms with Gasteiger partial charge >= 0.3 is 0 Å². The van der Waals surface area contributed by atoms with Crippen LogP contribution in [0, 0.1) is 0 Å². The molecule has 0 heterocycles. The van der Waals surface area contributed by atoms with Crippen LogP contribution in [0.25, 0.3) is 0 Å². The molecule has 4 heteroatoms. The van der Waals surface area contributed by atoms with Crippen molar-refractivity contribution in [3.8, 4) is 0 Å². The van der Waals surface area contributed by atoms with E-state index in [4.69, 9.17) is 15.3 Å². The predicted molar refractivity (Wildman–Crippen MR) is 62.8 cm³/mol. The molecule has 0 aromatic heterocycles. The van der Waals surface area contributed by atoms with Crippen LogP contribution in [0.15, 0.2) is 0 Å². The number of hydrogen-bond acceptors (Lipinski definition) is 3. The van der Waals surface area contributed by atoms with Crippen molar-refractivity contribution in [1.29, 1.82) is 0 Å². The summed E-state index contributed by atoms with van der Waals surface area (Å²) >= 11 is 3.30. The average Bonchev–Trinajstić information content (AvgIpc) is 2.21. The van der Waals surface area contributed by atoms with E-state index in [-0.39, 0.29) is 13.2 Å². The van der Waals surface area contributed by atoms with Gasteiger partial charge in [-0.05, 0) is 32.1 Å². The Morgan fingerprint density at radius 1 is 0.571 bits per heavy atom. The summed E-state index contributed by atoms with van der Waals surface area (Å²) in [4.78, 5) is 0. The highest BCUT2D eigenvalue weighted by molar-refractivity contribution is 9.09. The van der Waals surface area contributed by atoms with Crippen molar-refractivity contribution in [2.24, 2.45) is 0 Å². The first-order valence-electron chi connectivity index (χ1n) is 5.22. The van der Waals surface area contributed by atoms with Crippen LogP contribution >= 0.6 is 15.9 Å². The SMILES string of the molecule is OCCCCCBr.OCCCCCO. The highest BCUT2D eigenvalue weighted by Gasteiger charge is 1.82. The molecule has 0 aliphatic rings. The fourth-order valence-electron chi connectivity index (χ4n) is 0.783. The lowest BCUT2D eigenvalue weighted by atomic mass is 10.2. The number of hydrogen-bond donors (Lipinski definition) is 3. The monoisotopic (exact) mass is 270 g/mol. The Morgan fingerprint density at radius 3 is 1.21 bits per heavy atom. The summed E-state index contributed by atoms with van der Waals surface area (Å²) in [6, 6.07) is 0. The van der Waals surface area contributed by atoms with E-state index in [1.165, 1.54) is 6.42 Å². The number of aliphatic hydroxyl groups excluding tert-OH is 3. The van der Waals surface area contributed by atoms with Gasteiger partial charge in [-0.3, -0.25) is 0 Å². The number of alkyl halides is 1. The summed E-state index contributed by atoms with van der Waals surface area (Å²) < 4.78 is 0. The van der Waals surface area contributed by atoms with Gasteiger partial charge in [0.05, 0.1) is 0 Å². The standard InChI is InChI=1S/C5H11BrO.C5H12O2/c2*6-4-2-1-3-5-7/h7H,1-5H2;6-7H,1-5H2. The lowest BCUT2D eigenvalue weighted by molar-refractivity contribution is 0.257. The number of halogens is 1. The van der Waals surface area contributed by atoms with Crippen LogP contribution in [-0.4, -0.2) is 40.5 Å². The highest BCUT2D eigenvalue weighted by atomic mass is 79.9. The topological polar surface area (TPSA) is 60.7 Å². The van der Waals surface area contributed by atoms with Gasteiger partial charge in [-0.1, -0.05) is 22.4 Å². The van der Waals surface area contributed by atoms with Crippen LogP contribution in [0.4, 0.5) is 0 Å². The van der Waals surface area contributed by atoms with Gasteiger partial charge in [0.2, 0.25) is 0 Å². The Labute approximate surface area is 95.3 Å². The Hall–Kier alpha value is 0.360. The van der Waals surface area contributed by atoms with Gasteiger partial charge in [0.1, 0.15) is 0 Å². The van der Waals surface area contributed by atoms with Crippen molar-refractivity contribution in [3.05, 3.63) is 0 Å². The maximum Gasteiger partial charge on any atom is 0.0431 e. The van der Waals surface area contributed by atoms with Crippen LogP contribution < -0.4 is 0 Å². The first-order valence-corrected chi connectivity index (χ1v) is 6.34. The van der Waals surface area contributed by atoms with Crippen LogP contribution in [0.5, 0.6) is 0 Å². The van der Waals surface area contributed by atoms with Crippen molar-refractivity contribution < 1.29 is 15.3 Å². The third kappa shape index (κ3) is 22.8. The molecule has 0 amide bonds. The minimum atomic E-state index is 0.250. The summed E-state index contributed by atoms with van der Waals surface area (Å²) in [5.41, 5.74) is 0. The molecule has 0 aromatic carbocycles. The van der Waals surface area contributed by atoms with Gasteiger partial charge in [0.25, 0.3) is 0 Å². The van der Waals surface area contributed by atoms with Crippen LogP contribution in [0.3, 0.4) is 0 Å². The summed E-state index contributed by atoms with van der Waals surface area (Å²) in [6.45, 7) is 0.840. The highest BCUT2D eigenvalue weighted by Crippen LogP contribution is 1.96. The molecular formula is C10H23BrO3. The maximum absolute atomic E-state index is 8.28. The Bertz CT molecular complexity index is 63.8. The molecule has 0 radical (unpaired) electrons. The Balaban J connectivity index is 0. The summed E-state index contributed by atoms with van der Waals surface area (Å²) in [5.74, 6) is 0. The molecule has 0 saturated carbocycles. The minimum absolute atomic E-state index is 0.250. The Morgan fingerprint density at radius 2 is 0.929 bits per heavy atom. The number of aliphatic hydroxyl groups is 3. The molecule has 0 fully saturated rings.